The molecule has 104 valence electrons. The van der Waals surface area contributed by atoms with Gasteiger partial charge in [0.25, 0.3) is 5.91 Å². The van der Waals surface area contributed by atoms with Crippen molar-refractivity contribution in [3.05, 3.63) is 29.8 Å². The van der Waals surface area contributed by atoms with Gasteiger partial charge in [-0.05, 0) is 63.2 Å². The van der Waals surface area contributed by atoms with E-state index in [9.17, 15) is 4.79 Å². The zero-order valence-corrected chi connectivity index (χ0v) is 11.2. The van der Waals surface area contributed by atoms with Crippen LogP contribution in [0.4, 0.5) is 5.69 Å². The molecule has 0 atom stereocenters. The number of nitrogens with one attached hydrogen (secondary N) is 2. The van der Waals surface area contributed by atoms with Crippen molar-refractivity contribution in [3.8, 4) is 0 Å². The Hall–Kier alpha value is -1.59. The van der Waals surface area contributed by atoms with Crippen LogP contribution in [0.5, 0.6) is 0 Å². The fourth-order valence-corrected chi connectivity index (χ4v) is 2.33. The first-order chi connectivity index (χ1) is 9.29. The molecule has 1 aliphatic heterocycles. The summed E-state index contributed by atoms with van der Waals surface area (Å²) in [5.41, 5.74) is 4.00. The summed E-state index contributed by atoms with van der Waals surface area (Å²) in [6.45, 7) is 4.23. The molecule has 19 heavy (non-hydrogen) atoms. The SMILES string of the molecule is NNc1ccc(C(=O)NCCCN2CCCC2)cc1. The summed E-state index contributed by atoms with van der Waals surface area (Å²) in [5.74, 6) is 5.26. The number of rotatable bonds is 6. The number of hydrogen-bond donors (Lipinski definition) is 3. The van der Waals surface area contributed by atoms with Gasteiger partial charge in [0.05, 0.1) is 0 Å². The van der Waals surface area contributed by atoms with E-state index in [1.54, 1.807) is 24.3 Å². The van der Waals surface area contributed by atoms with Gasteiger partial charge < -0.3 is 15.6 Å². The molecule has 1 amide bonds. The fourth-order valence-electron chi connectivity index (χ4n) is 2.33. The van der Waals surface area contributed by atoms with Crippen molar-refractivity contribution < 1.29 is 4.79 Å². The van der Waals surface area contributed by atoms with Crippen molar-refractivity contribution in [2.75, 3.05) is 31.6 Å². The highest BCUT2D eigenvalue weighted by Gasteiger charge is 2.10. The molecule has 0 saturated carbocycles. The van der Waals surface area contributed by atoms with E-state index in [0.717, 1.165) is 25.2 Å². The summed E-state index contributed by atoms with van der Waals surface area (Å²) < 4.78 is 0. The van der Waals surface area contributed by atoms with Crippen LogP contribution in [0.15, 0.2) is 24.3 Å². The number of carbonyl (C=O) groups is 1. The van der Waals surface area contributed by atoms with E-state index in [0.29, 0.717) is 5.56 Å². The van der Waals surface area contributed by atoms with Gasteiger partial charge in [0, 0.05) is 17.8 Å². The number of hydrazine groups is 1. The van der Waals surface area contributed by atoms with Gasteiger partial charge in [-0.3, -0.25) is 10.6 Å². The summed E-state index contributed by atoms with van der Waals surface area (Å²) in [7, 11) is 0. The molecule has 1 heterocycles. The van der Waals surface area contributed by atoms with Gasteiger partial charge in [-0.2, -0.15) is 0 Å². The third-order valence-corrected chi connectivity index (χ3v) is 3.45. The van der Waals surface area contributed by atoms with Crippen LogP contribution in [0.2, 0.25) is 0 Å². The predicted octanol–water partition coefficient (Wildman–Crippen LogP) is 1.19. The van der Waals surface area contributed by atoms with Crippen molar-refractivity contribution in [2.45, 2.75) is 19.3 Å². The quantitative estimate of drug-likeness (QED) is 0.409. The first-order valence-corrected chi connectivity index (χ1v) is 6.87. The van der Waals surface area contributed by atoms with Crippen molar-refractivity contribution >= 4 is 11.6 Å². The van der Waals surface area contributed by atoms with Gasteiger partial charge in [0.15, 0.2) is 0 Å². The molecule has 0 spiro atoms. The summed E-state index contributed by atoms with van der Waals surface area (Å²) in [6, 6.07) is 7.12. The number of carbonyl (C=O) groups excluding carboxylic acids is 1. The molecule has 1 aromatic carbocycles. The molecule has 0 aromatic heterocycles. The molecule has 1 fully saturated rings. The van der Waals surface area contributed by atoms with E-state index in [-0.39, 0.29) is 5.91 Å². The van der Waals surface area contributed by atoms with Crippen LogP contribution in [0.1, 0.15) is 29.6 Å². The van der Waals surface area contributed by atoms with E-state index in [2.05, 4.69) is 15.6 Å². The smallest absolute Gasteiger partial charge is 0.251 e. The lowest BCUT2D eigenvalue weighted by atomic mass is 10.2. The number of nitrogens with zero attached hydrogens (tertiary/aromatic N) is 1. The Morgan fingerprint density at radius 2 is 1.89 bits per heavy atom. The first kappa shape index (κ1) is 13.8. The van der Waals surface area contributed by atoms with Crippen LogP contribution in [-0.2, 0) is 0 Å². The molecule has 0 radical (unpaired) electrons. The maximum absolute atomic E-state index is 11.9. The van der Waals surface area contributed by atoms with Gasteiger partial charge >= 0.3 is 0 Å². The Labute approximate surface area is 114 Å². The second-order valence-corrected chi connectivity index (χ2v) is 4.88. The number of anilines is 1. The molecule has 1 aliphatic rings. The maximum atomic E-state index is 11.9. The lowest BCUT2D eigenvalue weighted by Gasteiger charge is -2.14. The van der Waals surface area contributed by atoms with Crippen LogP contribution in [0.25, 0.3) is 0 Å². The molecule has 4 N–H and O–H groups in total. The minimum absolute atomic E-state index is 0.0232. The van der Waals surface area contributed by atoms with Crippen LogP contribution in [-0.4, -0.2) is 37.0 Å². The van der Waals surface area contributed by atoms with Crippen molar-refractivity contribution in [2.24, 2.45) is 5.84 Å². The van der Waals surface area contributed by atoms with E-state index < -0.39 is 0 Å². The molecule has 0 bridgehead atoms. The monoisotopic (exact) mass is 262 g/mol. The maximum Gasteiger partial charge on any atom is 0.251 e. The number of nitrogen functional groups attached to an aromatic ring is 1. The Balaban J connectivity index is 1.68. The van der Waals surface area contributed by atoms with Gasteiger partial charge in [-0.1, -0.05) is 0 Å². The minimum Gasteiger partial charge on any atom is -0.352 e. The van der Waals surface area contributed by atoms with Crippen LogP contribution in [0, 0.1) is 0 Å². The molecule has 5 heteroatoms. The standard InChI is InChI=1S/C14H22N4O/c15-17-13-6-4-12(5-7-13)14(19)16-8-3-11-18-9-1-2-10-18/h4-7,17H,1-3,8-11,15H2,(H,16,19). The van der Waals surface area contributed by atoms with Crippen LogP contribution < -0.4 is 16.6 Å². The third-order valence-electron chi connectivity index (χ3n) is 3.45. The highest BCUT2D eigenvalue weighted by Crippen LogP contribution is 2.08. The van der Waals surface area contributed by atoms with Crippen molar-refractivity contribution in [3.63, 3.8) is 0 Å². The average Bonchev–Trinajstić information content (AvgIpc) is 2.96. The summed E-state index contributed by atoms with van der Waals surface area (Å²) in [6.07, 6.45) is 3.63. The summed E-state index contributed by atoms with van der Waals surface area (Å²) in [5, 5.41) is 2.94. The normalized spacial score (nSPS) is 15.4. The average molecular weight is 262 g/mol. The third kappa shape index (κ3) is 4.22. The lowest BCUT2D eigenvalue weighted by Crippen LogP contribution is -2.28. The minimum atomic E-state index is -0.0232. The second-order valence-electron chi connectivity index (χ2n) is 4.88. The fraction of sp³-hybridized carbons (Fsp3) is 0.500. The molecule has 1 aromatic rings. The highest BCUT2D eigenvalue weighted by molar-refractivity contribution is 5.94. The number of amides is 1. The summed E-state index contributed by atoms with van der Waals surface area (Å²) in [4.78, 5) is 14.3. The number of hydrogen-bond acceptors (Lipinski definition) is 4. The second kappa shape index (κ2) is 7.11. The highest BCUT2D eigenvalue weighted by atomic mass is 16.1. The van der Waals surface area contributed by atoms with E-state index in [1.165, 1.54) is 25.9 Å². The lowest BCUT2D eigenvalue weighted by molar-refractivity contribution is 0.0952. The van der Waals surface area contributed by atoms with Gasteiger partial charge in [-0.15, -0.1) is 0 Å². The van der Waals surface area contributed by atoms with E-state index in [4.69, 9.17) is 5.84 Å². The number of benzene rings is 1. The first-order valence-electron chi connectivity index (χ1n) is 6.87. The molecule has 5 nitrogen and oxygen atoms in total. The zero-order valence-electron chi connectivity index (χ0n) is 11.2. The molecule has 0 unspecified atom stereocenters. The van der Waals surface area contributed by atoms with Crippen molar-refractivity contribution in [1.82, 2.24) is 10.2 Å². The molecule has 1 saturated heterocycles. The van der Waals surface area contributed by atoms with Gasteiger partial charge in [0.2, 0.25) is 0 Å². The van der Waals surface area contributed by atoms with Crippen LogP contribution >= 0.6 is 0 Å². The molecular formula is C14H22N4O. The predicted molar refractivity (Wildman–Crippen MR) is 76.9 cm³/mol. The number of likely N-dealkylation sites (tertiary alicyclic amines) is 1. The Bertz CT molecular complexity index is 398. The molecular weight excluding hydrogens is 240 g/mol. The zero-order chi connectivity index (χ0) is 13.5. The number of nitrogens with two attached hydrogens (primary N) is 1. The van der Waals surface area contributed by atoms with Gasteiger partial charge in [0.1, 0.15) is 0 Å². The Morgan fingerprint density at radius 3 is 2.53 bits per heavy atom. The summed E-state index contributed by atoms with van der Waals surface area (Å²) >= 11 is 0. The van der Waals surface area contributed by atoms with E-state index in [1.807, 2.05) is 0 Å². The molecule has 2 rings (SSSR count). The van der Waals surface area contributed by atoms with E-state index >= 15 is 0 Å². The van der Waals surface area contributed by atoms with Gasteiger partial charge in [-0.25, -0.2) is 0 Å². The molecule has 0 aliphatic carbocycles. The Kier molecular flexibility index (Phi) is 5.18. The largest absolute Gasteiger partial charge is 0.352 e. The Morgan fingerprint density at radius 1 is 1.21 bits per heavy atom. The topological polar surface area (TPSA) is 70.4 Å². The van der Waals surface area contributed by atoms with Crippen LogP contribution in [0.3, 0.4) is 0 Å². The van der Waals surface area contributed by atoms with Crippen molar-refractivity contribution in [1.29, 1.82) is 0 Å².